The van der Waals surface area contributed by atoms with Crippen LogP contribution in [0.5, 0.6) is 0 Å². The lowest BCUT2D eigenvalue weighted by molar-refractivity contribution is 0.284. The smallest absolute Gasteiger partial charge is 0.216 e. The zero-order valence-electron chi connectivity index (χ0n) is 6.79. The van der Waals surface area contributed by atoms with E-state index in [1.54, 1.807) is 0 Å². The molecule has 1 radical (unpaired) electrons. The Balaban J connectivity index is 2.24. The first-order valence-electron chi connectivity index (χ1n) is 4.10. The largest absolute Gasteiger partial charge is 0.477 e. The third-order valence-corrected chi connectivity index (χ3v) is 1.76. The summed E-state index contributed by atoms with van der Waals surface area (Å²) >= 11 is 0. The Labute approximate surface area is 71.9 Å². The number of nitrogens with zero attached hydrogens (tertiary/aromatic N) is 1. The molecule has 1 aliphatic rings. The Kier molecular flexibility index (Phi) is 2.08. The van der Waals surface area contributed by atoms with Gasteiger partial charge in [0.25, 0.3) is 0 Å². The number of ether oxygens (including phenoxy) is 1. The summed E-state index contributed by atoms with van der Waals surface area (Å²) in [5, 5.41) is 0. The van der Waals surface area contributed by atoms with Gasteiger partial charge in [0.1, 0.15) is 0 Å². The van der Waals surface area contributed by atoms with Gasteiger partial charge in [0, 0.05) is 18.5 Å². The molecule has 2 heteroatoms. The van der Waals surface area contributed by atoms with E-state index < -0.39 is 0 Å². The van der Waals surface area contributed by atoms with Gasteiger partial charge >= 0.3 is 0 Å². The summed E-state index contributed by atoms with van der Waals surface area (Å²) in [4.78, 5) is 4.28. The van der Waals surface area contributed by atoms with E-state index in [9.17, 15) is 0 Å². The average molecular weight is 160 g/mol. The van der Waals surface area contributed by atoms with Crippen LogP contribution < -0.4 is 0 Å². The van der Waals surface area contributed by atoms with Crippen molar-refractivity contribution in [1.82, 2.24) is 0 Å². The van der Waals surface area contributed by atoms with E-state index >= 15 is 0 Å². The van der Waals surface area contributed by atoms with Gasteiger partial charge in [-0.05, 0) is 18.2 Å². The molecular formula is C10H10NO. The zero-order chi connectivity index (χ0) is 8.23. The summed E-state index contributed by atoms with van der Waals surface area (Å²) in [6.45, 7) is 1.67. The number of aliphatic imine (C=N–C) groups is 1. The lowest BCUT2D eigenvalue weighted by Gasteiger charge is -2.13. The van der Waals surface area contributed by atoms with Crippen LogP contribution in [0.15, 0.2) is 29.3 Å². The normalized spacial score (nSPS) is 16.5. The summed E-state index contributed by atoms with van der Waals surface area (Å²) in [5.74, 6) is 0.773. The van der Waals surface area contributed by atoms with Crippen LogP contribution in [0.1, 0.15) is 12.0 Å². The summed E-state index contributed by atoms with van der Waals surface area (Å²) in [6.07, 6.45) is 1.03. The van der Waals surface area contributed by atoms with Gasteiger partial charge in [-0.3, -0.25) is 4.99 Å². The molecule has 1 aromatic rings. The highest BCUT2D eigenvalue weighted by atomic mass is 16.5. The van der Waals surface area contributed by atoms with Crippen molar-refractivity contribution in [2.24, 2.45) is 4.99 Å². The molecule has 1 aliphatic heterocycles. The second kappa shape index (κ2) is 3.39. The summed E-state index contributed by atoms with van der Waals surface area (Å²) in [5.41, 5.74) is 1.05. The topological polar surface area (TPSA) is 21.6 Å². The minimum absolute atomic E-state index is 0.773. The van der Waals surface area contributed by atoms with Crippen LogP contribution >= 0.6 is 0 Å². The molecule has 0 N–H and O–H groups in total. The van der Waals surface area contributed by atoms with Crippen molar-refractivity contribution in [1.29, 1.82) is 0 Å². The molecular weight excluding hydrogens is 150 g/mol. The van der Waals surface area contributed by atoms with E-state index in [2.05, 4.69) is 11.1 Å². The Morgan fingerprint density at radius 2 is 2.17 bits per heavy atom. The van der Waals surface area contributed by atoms with E-state index in [0.29, 0.717) is 0 Å². The maximum atomic E-state index is 5.40. The van der Waals surface area contributed by atoms with Crippen LogP contribution in [0.3, 0.4) is 0 Å². The minimum atomic E-state index is 0.773. The van der Waals surface area contributed by atoms with Crippen molar-refractivity contribution in [2.45, 2.75) is 6.42 Å². The fourth-order valence-electron chi connectivity index (χ4n) is 1.16. The number of rotatable bonds is 1. The molecule has 0 unspecified atom stereocenters. The Hall–Kier alpha value is -1.31. The molecule has 12 heavy (non-hydrogen) atoms. The van der Waals surface area contributed by atoms with E-state index in [-0.39, 0.29) is 0 Å². The van der Waals surface area contributed by atoms with Crippen molar-refractivity contribution >= 4 is 5.90 Å². The first kappa shape index (κ1) is 7.35. The Morgan fingerprint density at radius 3 is 2.83 bits per heavy atom. The highest BCUT2D eigenvalue weighted by Crippen LogP contribution is 2.06. The van der Waals surface area contributed by atoms with Crippen LogP contribution in [0.2, 0.25) is 0 Å². The molecule has 0 aliphatic carbocycles. The van der Waals surface area contributed by atoms with Gasteiger partial charge in [0.05, 0.1) is 6.61 Å². The molecule has 0 bridgehead atoms. The first-order chi connectivity index (χ1) is 5.97. The molecule has 2 rings (SSSR count). The summed E-state index contributed by atoms with van der Waals surface area (Å²) in [6, 6.07) is 10.6. The lowest BCUT2D eigenvalue weighted by Crippen LogP contribution is -2.14. The van der Waals surface area contributed by atoms with Crippen LogP contribution in [0.25, 0.3) is 0 Å². The quantitative estimate of drug-likeness (QED) is 0.612. The predicted octanol–water partition coefficient (Wildman–Crippen LogP) is 1.65. The van der Waals surface area contributed by atoms with Crippen molar-refractivity contribution in [3.63, 3.8) is 0 Å². The van der Waals surface area contributed by atoms with Crippen LogP contribution in [-0.4, -0.2) is 19.0 Å². The minimum Gasteiger partial charge on any atom is -0.477 e. The highest BCUT2D eigenvalue weighted by molar-refractivity contribution is 5.94. The molecule has 61 valence electrons. The Bertz CT molecular complexity index is 279. The van der Waals surface area contributed by atoms with Gasteiger partial charge in [0.15, 0.2) is 0 Å². The number of hydrogen-bond donors (Lipinski definition) is 0. The fraction of sp³-hybridized carbons (Fsp3) is 0.300. The molecule has 0 fully saturated rings. The van der Waals surface area contributed by atoms with E-state index in [0.717, 1.165) is 31.0 Å². The van der Waals surface area contributed by atoms with E-state index in [1.165, 1.54) is 0 Å². The summed E-state index contributed by atoms with van der Waals surface area (Å²) in [7, 11) is 0. The molecule has 0 saturated carbocycles. The lowest BCUT2D eigenvalue weighted by atomic mass is 10.2. The highest BCUT2D eigenvalue weighted by Gasteiger charge is 2.07. The SMILES string of the molecule is [c]1ccc(C2=NCCCO2)cc1. The molecule has 2 nitrogen and oxygen atoms in total. The van der Waals surface area contributed by atoms with Crippen molar-refractivity contribution < 1.29 is 4.74 Å². The molecule has 0 atom stereocenters. The van der Waals surface area contributed by atoms with Crippen LogP contribution in [0, 0.1) is 6.07 Å². The first-order valence-corrected chi connectivity index (χ1v) is 4.10. The zero-order valence-corrected chi connectivity index (χ0v) is 6.79. The summed E-state index contributed by atoms with van der Waals surface area (Å²) < 4.78 is 5.40. The maximum Gasteiger partial charge on any atom is 0.216 e. The van der Waals surface area contributed by atoms with Crippen molar-refractivity contribution in [2.75, 3.05) is 13.2 Å². The monoisotopic (exact) mass is 160 g/mol. The number of hydrogen-bond acceptors (Lipinski definition) is 2. The van der Waals surface area contributed by atoms with Gasteiger partial charge in [0.2, 0.25) is 5.90 Å². The standard InChI is InChI=1S/C10H10NO/c1-2-5-9(6-3-1)10-11-7-4-8-12-10/h2-3,5-6H,4,7-8H2. The number of benzene rings is 1. The maximum absolute atomic E-state index is 5.40. The third kappa shape index (κ3) is 1.47. The molecule has 0 amide bonds. The fourth-order valence-corrected chi connectivity index (χ4v) is 1.16. The molecule has 0 aromatic heterocycles. The molecule has 0 saturated heterocycles. The van der Waals surface area contributed by atoms with Crippen molar-refractivity contribution in [3.05, 3.63) is 35.9 Å². The van der Waals surface area contributed by atoms with Crippen LogP contribution in [-0.2, 0) is 4.74 Å². The van der Waals surface area contributed by atoms with Gasteiger partial charge in [-0.1, -0.05) is 12.1 Å². The predicted molar refractivity (Wildman–Crippen MR) is 47.3 cm³/mol. The second-order valence-electron chi connectivity index (χ2n) is 2.68. The molecule has 0 spiro atoms. The Morgan fingerprint density at radius 1 is 1.33 bits per heavy atom. The second-order valence-corrected chi connectivity index (χ2v) is 2.68. The van der Waals surface area contributed by atoms with Crippen LogP contribution in [0.4, 0.5) is 0 Å². The van der Waals surface area contributed by atoms with E-state index in [4.69, 9.17) is 4.74 Å². The molecule has 1 aromatic carbocycles. The van der Waals surface area contributed by atoms with Gasteiger partial charge in [-0.2, -0.15) is 0 Å². The average Bonchev–Trinajstić information content (AvgIpc) is 2.21. The van der Waals surface area contributed by atoms with E-state index in [1.807, 2.05) is 24.3 Å². The van der Waals surface area contributed by atoms with Crippen molar-refractivity contribution in [3.8, 4) is 0 Å². The van der Waals surface area contributed by atoms with Gasteiger partial charge in [-0.15, -0.1) is 0 Å². The van der Waals surface area contributed by atoms with Gasteiger partial charge in [-0.25, -0.2) is 0 Å². The van der Waals surface area contributed by atoms with Gasteiger partial charge < -0.3 is 4.74 Å². The third-order valence-electron chi connectivity index (χ3n) is 1.76. The molecule has 1 heterocycles.